The monoisotopic (exact) mass is 257 g/mol. The third kappa shape index (κ3) is 2.17. The van der Waals surface area contributed by atoms with E-state index in [1.54, 1.807) is 17.0 Å². The first-order valence-electron chi connectivity index (χ1n) is 6.01. The van der Waals surface area contributed by atoms with Crippen LogP contribution in [-0.4, -0.2) is 12.5 Å². The van der Waals surface area contributed by atoms with Crippen molar-refractivity contribution < 1.29 is 13.9 Å². The maximum absolute atomic E-state index is 13.6. The van der Waals surface area contributed by atoms with Gasteiger partial charge in [-0.05, 0) is 17.7 Å². The van der Waals surface area contributed by atoms with Gasteiger partial charge in [-0.1, -0.05) is 36.4 Å². The van der Waals surface area contributed by atoms with Crippen LogP contribution < -0.4 is 9.64 Å². The number of benzene rings is 2. The molecule has 0 aliphatic carbocycles. The van der Waals surface area contributed by atoms with E-state index in [0.29, 0.717) is 12.2 Å². The lowest BCUT2D eigenvalue weighted by atomic mass is 10.1. The molecule has 2 aromatic rings. The quantitative estimate of drug-likeness (QED) is 0.828. The van der Waals surface area contributed by atoms with Crippen molar-refractivity contribution in [3.8, 4) is 5.75 Å². The van der Waals surface area contributed by atoms with Gasteiger partial charge in [-0.25, -0.2) is 4.39 Å². The second-order valence-electron chi connectivity index (χ2n) is 4.34. The second-order valence-corrected chi connectivity index (χ2v) is 4.34. The number of carbonyl (C=O) groups excluding carboxylic acids is 1. The molecule has 1 amide bonds. The van der Waals surface area contributed by atoms with Gasteiger partial charge in [0.25, 0.3) is 5.91 Å². The lowest BCUT2D eigenvalue weighted by molar-refractivity contribution is -0.121. The summed E-state index contributed by atoms with van der Waals surface area (Å²) in [5.74, 6) is -0.456. The van der Waals surface area contributed by atoms with Crippen LogP contribution in [0.4, 0.5) is 10.1 Å². The van der Waals surface area contributed by atoms with E-state index in [2.05, 4.69) is 0 Å². The van der Waals surface area contributed by atoms with Crippen LogP contribution >= 0.6 is 0 Å². The Kier molecular flexibility index (Phi) is 2.91. The van der Waals surface area contributed by atoms with Gasteiger partial charge < -0.3 is 9.64 Å². The van der Waals surface area contributed by atoms with Gasteiger partial charge in [0.2, 0.25) is 0 Å². The number of hydrogen-bond donors (Lipinski definition) is 0. The summed E-state index contributed by atoms with van der Waals surface area (Å²) in [6, 6.07) is 14.2. The molecular formula is C15H12FNO2. The second kappa shape index (κ2) is 4.72. The first-order valence-corrected chi connectivity index (χ1v) is 6.01. The number of anilines is 1. The Hall–Kier alpha value is -2.36. The third-order valence-corrected chi connectivity index (χ3v) is 3.06. The molecule has 0 spiro atoms. The normalized spacial score (nSPS) is 13.9. The summed E-state index contributed by atoms with van der Waals surface area (Å²) in [7, 11) is 0. The summed E-state index contributed by atoms with van der Waals surface area (Å²) in [4.78, 5) is 13.5. The Labute approximate surface area is 110 Å². The van der Waals surface area contributed by atoms with Gasteiger partial charge in [-0.3, -0.25) is 4.79 Å². The summed E-state index contributed by atoms with van der Waals surface area (Å²) in [6.45, 7) is 0.292. The van der Waals surface area contributed by atoms with E-state index in [0.717, 1.165) is 5.56 Å². The van der Waals surface area contributed by atoms with Crippen molar-refractivity contribution in [1.29, 1.82) is 0 Å². The van der Waals surface area contributed by atoms with E-state index in [1.165, 1.54) is 6.07 Å². The Bertz CT molecular complexity index is 613. The smallest absolute Gasteiger partial charge is 0.265 e. The fourth-order valence-electron chi connectivity index (χ4n) is 2.14. The minimum Gasteiger partial charge on any atom is -0.478 e. The number of halogens is 1. The molecule has 1 heterocycles. The topological polar surface area (TPSA) is 29.5 Å². The summed E-state index contributed by atoms with van der Waals surface area (Å²) < 4.78 is 18.8. The van der Waals surface area contributed by atoms with Gasteiger partial charge in [0.15, 0.2) is 18.2 Å². The average Bonchev–Trinajstić information content (AvgIpc) is 2.43. The summed E-state index contributed by atoms with van der Waals surface area (Å²) in [5, 5.41) is 0. The number of amides is 1. The van der Waals surface area contributed by atoms with Gasteiger partial charge in [0, 0.05) is 0 Å². The molecule has 19 heavy (non-hydrogen) atoms. The van der Waals surface area contributed by atoms with Crippen LogP contribution in [0.5, 0.6) is 5.75 Å². The molecule has 0 atom stereocenters. The van der Waals surface area contributed by atoms with Crippen LogP contribution in [0.3, 0.4) is 0 Å². The zero-order chi connectivity index (χ0) is 13.2. The predicted molar refractivity (Wildman–Crippen MR) is 69.5 cm³/mol. The molecule has 2 aromatic carbocycles. The fraction of sp³-hybridized carbons (Fsp3) is 0.133. The molecule has 0 unspecified atom stereocenters. The molecular weight excluding hydrogens is 245 g/mol. The van der Waals surface area contributed by atoms with Crippen molar-refractivity contribution in [3.63, 3.8) is 0 Å². The fourth-order valence-corrected chi connectivity index (χ4v) is 2.14. The van der Waals surface area contributed by atoms with Crippen LogP contribution in [0.1, 0.15) is 5.56 Å². The van der Waals surface area contributed by atoms with E-state index in [9.17, 15) is 9.18 Å². The number of nitrogens with zero attached hydrogens (tertiary/aromatic N) is 1. The van der Waals surface area contributed by atoms with Crippen LogP contribution in [0, 0.1) is 5.82 Å². The van der Waals surface area contributed by atoms with E-state index in [4.69, 9.17) is 4.74 Å². The minimum absolute atomic E-state index is 0.124. The molecule has 0 saturated heterocycles. The Balaban J connectivity index is 1.98. The number of carbonyl (C=O) groups is 1. The molecule has 3 nitrogen and oxygen atoms in total. The Morgan fingerprint density at radius 2 is 1.89 bits per heavy atom. The SMILES string of the molecule is O=C1COc2c(F)cccc2N1Cc1ccccc1. The lowest BCUT2D eigenvalue weighted by Gasteiger charge is -2.29. The highest BCUT2D eigenvalue weighted by atomic mass is 19.1. The van der Waals surface area contributed by atoms with Crippen molar-refractivity contribution >= 4 is 11.6 Å². The van der Waals surface area contributed by atoms with Crippen molar-refractivity contribution in [2.24, 2.45) is 0 Å². The van der Waals surface area contributed by atoms with E-state index < -0.39 is 5.82 Å². The van der Waals surface area contributed by atoms with Crippen LogP contribution in [0.15, 0.2) is 48.5 Å². The molecule has 0 fully saturated rings. The van der Waals surface area contributed by atoms with Gasteiger partial charge in [0.1, 0.15) is 0 Å². The average molecular weight is 257 g/mol. The van der Waals surface area contributed by atoms with Crippen LogP contribution in [0.25, 0.3) is 0 Å². The number of ether oxygens (including phenoxy) is 1. The summed E-state index contributed by atoms with van der Waals surface area (Å²) >= 11 is 0. The molecule has 0 saturated carbocycles. The highest BCUT2D eigenvalue weighted by Crippen LogP contribution is 2.35. The number of para-hydroxylation sites is 1. The largest absolute Gasteiger partial charge is 0.478 e. The molecule has 1 aliphatic rings. The van der Waals surface area contributed by atoms with Crippen molar-refractivity contribution in [1.82, 2.24) is 0 Å². The Morgan fingerprint density at radius 3 is 2.68 bits per heavy atom. The summed E-state index contributed by atoms with van der Waals surface area (Å²) in [6.07, 6.45) is 0. The maximum atomic E-state index is 13.6. The first-order chi connectivity index (χ1) is 9.25. The number of hydrogen-bond acceptors (Lipinski definition) is 2. The van der Waals surface area contributed by atoms with E-state index in [-0.39, 0.29) is 18.3 Å². The van der Waals surface area contributed by atoms with Gasteiger partial charge in [0.05, 0.1) is 12.2 Å². The van der Waals surface area contributed by atoms with Crippen LogP contribution in [0.2, 0.25) is 0 Å². The number of rotatable bonds is 2. The molecule has 0 N–H and O–H groups in total. The zero-order valence-electron chi connectivity index (χ0n) is 10.2. The highest BCUT2D eigenvalue weighted by Gasteiger charge is 2.27. The molecule has 0 aromatic heterocycles. The van der Waals surface area contributed by atoms with E-state index in [1.807, 2.05) is 30.3 Å². The summed E-state index contributed by atoms with van der Waals surface area (Å²) in [5.41, 5.74) is 1.48. The standard InChI is InChI=1S/C15H12FNO2/c16-12-7-4-8-13-15(12)19-10-14(18)17(13)9-11-5-2-1-3-6-11/h1-8H,9-10H2. The lowest BCUT2D eigenvalue weighted by Crippen LogP contribution is -2.38. The molecule has 0 radical (unpaired) electrons. The maximum Gasteiger partial charge on any atom is 0.265 e. The molecule has 1 aliphatic heterocycles. The third-order valence-electron chi connectivity index (χ3n) is 3.06. The van der Waals surface area contributed by atoms with Crippen molar-refractivity contribution in [3.05, 3.63) is 59.9 Å². The van der Waals surface area contributed by atoms with Crippen molar-refractivity contribution in [2.75, 3.05) is 11.5 Å². The van der Waals surface area contributed by atoms with Gasteiger partial charge in [-0.15, -0.1) is 0 Å². The Morgan fingerprint density at radius 1 is 1.11 bits per heavy atom. The molecule has 4 heteroatoms. The molecule has 0 bridgehead atoms. The molecule has 3 rings (SSSR count). The molecule has 96 valence electrons. The number of fused-ring (bicyclic) bond motifs is 1. The van der Waals surface area contributed by atoms with Crippen LogP contribution in [-0.2, 0) is 11.3 Å². The zero-order valence-corrected chi connectivity index (χ0v) is 10.2. The van der Waals surface area contributed by atoms with E-state index >= 15 is 0 Å². The first kappa shape index (κ1) is 11.7. The highest BCUT2D eigenvalue weighted by molar-refractivity contribution is 5.97. The minimum atomic E-state index is -0.442. The van der Waals surface area contributed by atoms with Gasteiger partial charge in [-0.2, -0.15) is 0 Å². The van der Waals surface area contributed by atoms with Gasteiger partial charge >= 0.3 is 0 Å². The predicted octanol–water partition coefficient (Wildman–Crippen LogP) is 2.75. The van der Waals surface area contributed by atoms with Crippen molar-refractivity contribution in [2.45, 2.75) is 6.54 Å².